The number of halogens is 1. The van der Waals surface area contributed by atoms with Gasteiger partial charge in [-0.1, -0.05) is 0 Å². The Kier molecular flexibility index (Phi) is 5.83. The van der Waals surface area contributed by atoms with Crippen LogP contribution in [0.15, 0.2) is 0 Å². The predicted octanol–water partition coefficient (Wildman–Crippen LogP) is -1.66. The Labute approximate surface area is 55.8 Å². The second-order valence-electron chi connectivity index (χ2n) is 0.516. The van der Waals surface area contributed by atoms with Gasteiger partial charge >= 0.3 is 23.9 Å². The molecular weight excluding hydrogens is 233 g/mol. The molecule has 0 spiro atoms. The molecule has 7 heavy (non-hydrogen) atoms. The Morgan fingerprint density at radius 3 is 1.71 bits per heavy atom. The van der Waals surface area contributed by atoms with Gasteiger partial charge in [-0.05, 0) is 4.53 Å². The maximum Gasteiger partial charge on any atom is 2.00 e. The van der Waals surface area contributed by atoms with Crippen LogP contribution < -0.4 is 9.79 Å². The van der Waals surface area contributed by atoms with E-state index in [1.807, 2.05) is 4.73 Å². The largest absolute Gasteiger partial charge is 2.00 e. The van der Waals surface area contributed by atoms with Crippen molar-refractivity contribution in [3.63, 3.8) is 0 Å². The third kappa shape index (κ3) is 10.9. The molecule has 2 radical (unpaired) electrons. The zero-order valence-corrected chi connectivity index (χ0v) is 6.71. The predicted molar refractivity (Wildman–Crippen MR) is 15.6 cm³/mol. The first kappa shape index (κ1) is 10.8. The molecule has 0 aliphatic carbocycles. The molecule has 0 aliphatic heterocycles. The smallest absolute Gasteiger partial charge is 0.787 e. The molecule has 0 saturated carbocycles. The van der Waals surface area contributed by atoms with E-state index >= 15 is 0 Å². The maximum absolute atomic E-state index is 10.1. The Balaban J connectivity index is 0. The molecule has 0 heterocycles. The number of hydrogen-bond donors (Lipinski definition) is 0. The van der Waals surface area contributed by atoms with Crippen LogP contribution in [0.1, 0.15) is 0 Å². The molecule has 0 N–H and O–H groups in total. The molecular formula is FO4PSn. The van der Waals surface area contributed by atoms with Crippen molar-refractivity contribution < 1.29 is 23.6 Å². The number of rotatable bonds is 1. The van der Waals surface area contributed by atoms with Gasteiger partial charge in [0, 0.05) is 0 Å². The fourth-order valence-corrected chi connectivity index (χ4v) is 0. The summed E-state index contributed by atoms with van der Waals surface area (Å²) < 4.78 is 20.9. The van der Waals surface area contributed by atoms with E-state index in [1.54, 1.807) is 0 Å². The van der Waals surface area contributed by atoms with E-state index in [9.17, 15) is 4.53 Å². The van der Waals surface area contributed by atoms with E-state index in [4.69, 9.17) is 14.4 Å². The van der Waals surface area contributed by atoms with Crippen molar-refractivity contribution in [2.75, 3.05) is 0 Å². The molecule has 0 fully saturated rings. The second-order valence-corrected chi connectivity index (χ2v) is 1.55. The van der Waals surface area contributed by atoms with Crippen LogP contribution >= 0.6 is 7.82 Å². The van der Waals surface area contributed by atoms with Crippen molar-refractivity contribution in [3.05, 3.63) is 0 Å². The SMILES string of the molecule is O=P([O-])([O-])OF.[Sn+2]. The molecule has 0 bridgehead atoms. The van der Waals surface area contributed by atoms with Crippen molar-refractivity contribution in [3.8, 4) is 0 Å². The van der Waals surface area contributed by atoms with E-state index in [-0.39, 0.29) is 23.9 Å². The van der Waals surface area contributed by atoms with Gasteiger partial charge in [0.25, 0.3) is 0 Å². The van der Waals surface area contributed by atoms with E-state index in [2.05, 4.69) is 0 Å². The van der Waals surface area contributed by atoms with Gasteiger partial charge in [0.15, 0.2) is 0 Å². The molecule has 0 rings (SSSR count). The zero-order valence-electron chi connectivity index (χ0n) is 2.96. The monoisotopic (exact) mass is 234 g/mol. The minimum atomic E-state index is -5.31. The summed E-state index contributed by atoms with van der Waals surface area (Å²) in [5, 5.41) is 0. The van der Waals surface area contributed by atoms with Gasteiger partial charge < -0.3 is 14.4 Å². The maximum atomic E-state index is 10.1. The molecule has 0 aromatic rings. The normalized spacial score (nSPS) is 10.1. The fraction of sp³-hybridized carbons (Fsp3) is 0. The number of phosphoric acid groups is 1. The van der Waals surface area contributed by atoms with E-state index in [0.29, 0.717) is 0 Å². The summed E-state index contributed by atoms with van der Waals surface area (Å²) in [6.07, 6.45) is 0. The first-order valence-electron chi connectivity index (χ1n) is 0.885. The summed E-state index contributed by atoms with van der Waals surface area (Å²) in [5.74, 6) is 0. The molecule has 0 amide bonds. The molecule has 0 aromatic heterocycles. The van der Waals surface area contributed by atoms with Crippen LogP contribution in [-0.4, -0.2) is 23.9 Å². The Morgan fingerprint density at radius 2 is 1.71 bits per heavy atom. The van der Waals surface area contributed by atoms with Crippen molar-refractivity contribution in [2.45, 2.75) is 0 Å². The van der Waals surface area contributed by atoms with Crippen molar-refractivity contribution in [1.82, 2.24) is 0 Å². The minimum absolute atomic E-state index is 0. The number of hydrogen-bond acceptors (Lipinski definition) is 4. The molecule has 0 unspecified atom stereocenters. The summed E-state index contributed by atoms with van der Waals surface area (Å²) >= 11 is 0. The standard InChI is InChI=1S/FH2O4P.Sn/c1-5-6(2,3)4;/h(H2,2,3,4);/q;+2/p-2. The van der Waals surface area contributed by atoms with Gasteiger partial charge in [0.2, 0.25) is 0 Å². The summed E-state index contributed by atoms with van der Waals surface area (Å²) in [7, 11) is -5.31. The van der Waals surface area contributed by atoms with E-state index in [0.717, 1.165) is 0 Å². The molecule has 4 nitrogen and oxygen atoms in total. The van der Waals surface area contributed by atoms with Gasteiger partial charge in [-0.2, -0.15) is 4.73 Å². The molecule has 0 aromatic carbocycles. The molecule has 7 heteroatoms. The summed E-state index contributed by atoms with van der Waals surface area (Å²) in [4.78, 5) is 17.8. The fourth-order valence-electron chi connectivity index (χ4n) is 0. The van der Waals surface area contributed by atoms with Crippen LogP contribution in [0, 0.1) is 0 Å². The van der Waals surface area contributed by atoms with Gasteiger partial charge in [0.1, 0.15) is 7.82 Å². The second kappa shape index (κ2) is 3.79. The minimum Gasteiger partial charge on any atom is -0.787 e. The first-order valence-corrected chi connectivity index (χ1v) is 2.35. The van der Waals surface area contributed by atoms with Crippen LogP contribution in [-0.2, 0) is 9.29 Å². The van der Waals surface area contributed by atoms with Crippen LogP contribution in [0.4, 0.5) is 4.53 Å². The molecule has 0 saturated heterocycles. The summed E-state index contributed by atoms with van der Waals surface area (Å²) in [5.41, 5.74) is 0. The van der Waals surface area contributed by atoms with Gasteiger partial charge in [0.05, 0.1) is 0 Å². The molecule has 0 atom stereocenters. The van der Waals surface area contributed by atoms with E-state index in [1.165, 1.54) is 0 Å². The molecule has 0 aliphatic rings. The third-order valence-corrected chi connectivity index (χ3v) is 0.254. The Hall–Kier alpha value is 0.839. The van der Waals surface area contributed by atoms with Gasteiger partial charge in [-0.3, -0.25) is 0 Å². The average molecular weight is 233 g/mol. The van der Waals surface area contributed by atoms with Crippen LogP contribution in [0.3, 0.4) is 0 Å². The third-order valence-electron chi connectivity index (χ3n) is 0.0845. The van der Waals surface area contributed by atoms with E-state index < -0.39 is 7.82 Å². The average Bonchev–Trinajstić information content (AvgIpc) is 1.35. The van der Waals surface area contributed by atoms with Crippen LogP contribution in [0.2, 0.25) is 0 Å². The summed E-state index contributed by atoms with van der Waals surface area (Å²) in [6, 6.07) is 0. The van der Waals surface area contributed by atoms with Gasteiger partial charge in [-0.15, -0.1) is 0 Å². The Morgan fingerprint density at radius 1 is 1.57 bits per heavy atom. The quantitative estimate of drug-likeness (QED) is 0.401. The van der Waals surface area contributed by atoms with Crippen molar-refractivity contribution >= 4 is 31.7 Å². The van der Waals surface area contributed by atoms with Crippen molar-refractivity contribution in [1.29, 1.82) is 0 Å². The molecule has 40 valence electrons. The zero-order chi connectivity index (χ0) is 5.21. The Bertz CT molecular complexity index is 75.8. The van der Waals surface area contributed by atoms with Crippen LogP contribution in [0.25, 0.3) is 0 Å². The first-order chi connectivity index (χ1) is 2.56. The van der Waals surface area contributed by atoms with Crippen LogP contribution in [0.5, 0.6) is 0 Å². The van der Waals surface area contributed by atoms with Crippen molar-refractivity contribution in [2.24, 2.45) is 0 Å². The summed E-state index contributed by atoms with van der Waals surface area (Å²) in [6.45, 7) is 0. The topological polar surface area (TPSA) is 72.4 Å². The van der Waals surface area contributed by atoms with Gasteiger partial charge in [-0.25, -0.2) is 0 Å².